The van der Waals surface area contributed by atoms with Gasteiger partial charge in [-0.25, -0.2) is 4.98 Å². The van der Waals surface area contributed by atoms with Gasteiger partial charge in [0.15, 0.2) is 0 Å². The fourth-order valence-electron chi connectivity index (χ4n) is 2.19. The number of hydrogen-bond donors (Lipinski definition) is 3. The van der Waals surface area contributed by atoms with Crippen LogP contribution in [0.25, 0.3) is 0 Å². The molecule has 118 valence electrons. The summed E-state index contributed by atoms with van der Waals surface area (Å²) in [6.07, 6.45) is 1.88. The van der Waals surface area contributed by atoms with Gasteiger partial charge in [-0.05, 0) is 38.5 Å². The van der Waals surface area contributed by atoms with Crippen molar-refractivity contribution >= 4 is 22.9 Å². The molecule has 0 aliphatic heterocycles. The second kappa shape index (κ2) is 7.38. The average Bonchev–Trinajstić information content (AvgIpc) is 2.93. The topological polar surface area (TPSA) is 74.2 Å². The third-order valence-electron chi connectivity index (χ3n) is 3.41. The molecule has 1 aromatic heterocycles. The number of amides is 1. The SMILES string of the molecule is Cc1ncc(C(C)Nc2cccc(C(=O)NCCO)c2C)s1. The molecule has 0 bridgehead atoms. The number of aromatic nitrogens is 1. The van der Waals surface area contributed by atoms with Gasteiger partial charge in [0.1, 0.15) is 0 Å². The van der Waals surface area contributed by atoms with Gasteiger partial charge in [-0.3, -0.25) is 4.79 Å². The first-order valence-corrected chi connectivity index (χ1v) is 8.02. The molecule has 0 saturated carbocycles. The van der Waals surface area contributed by atoms with Gasteiger partial charge in [0, 0.05) is 28.9 Å². The molecule has 2 aromatic rings. The zero-order chi connectivity index (χ0) is 16.1. The van der Waals surface area contributed by atoms with Gasteiger partial charge < -0.3 is 15.7 Å². The Morgan fingerprint density at radius 3 is 2.82 bits per heavy atom. The lowest BCUT2D eigenvalue weighted by Gasteiger charge is -2.17. The minimum absolute atomic E-state index is 0.0650. The van der Waals surface area contributed by atoms with Gasteiger partial charge in [0.2, 0.25) is 0 Å². The minimum Gasteiger partial charge on any atom is -0.395 e. The zero-order valence-electron chi connectivity index (χ0n) is 13.0. The van der Waals surface area contributed by atoms with E-state index in [9.17, 15) is 4.79 Å². The van der Waals surface area contributed by atoms with Crippen LogP contribution in [-0.2, 0) is 0 Å². The van der Waals surface area contributed by atoms with E-state index in [1.165, 1.54) is 0 Å². The standard InChI is InChI=1S/C16H21N3O2S/c1-10-13(16(21)17-7-8-20)5-4-6-14(10)19-11(2)15-9-18-12(3)22-15/h4-6,9,11,19-20H,7-8H2,1-3H3,(H,17,21). The van der Waals surface area contributed by atoms with Gasteiger partial charge in [0.25, 0.3) is 5.91 Å². The molecular formula is C16H21N3O2S. The molecule has 0 saturated heterocycles. The second-order valence-corrected chi connectivity index (χ2v) is 6.37. The van der Waals surface area contributed by atoms with Gasteiger partial charge in [-0.15, -0.1) is 11.3 Å². The summed E-state index contributed by atoms with van der Waals surface area (Å²) in [7, 11) is 0. The Bertz CT molecular complexity index is 655. The van der Waals surface area contributed by atoms with E-state index in [-0.39, 0.29) is 25.1 Å². The van der Waals surface area contributed by atoms with Crippen molar-refractivity contribution in [3.8, 4) is 0 Å². The fraction of sp³-hybridized carbons (Fsp3) is 0.375. The summed E-state index contributed by atoms with van der Waals surface area (Å²) in [5.41, 5.74) is 2.44. The van der Waals surface area contributed by atoms with Crippen molar-refractivity contribution in [2.45, 2.75) is 26.8 Å². The summed E-state index contributed by atoms with van der Waals surface area (Å²) in [6, 6.07) is 5.73. The highest BCUT2D eigenvalue weighted by atomic mass is 32.1. The van der Waals surface area contributed by atoms with Crippen LogP contribution >= 0.6 is 11.3 Å². The molecule has 5 nitrogen and oxygen atoms in total. The lowest BCUT2D eigenvalue weighted by molar-refractivity contribution is 0.0944. The van der Waals surface area contributed by atoms with Crippen molar-refractivity contribution in [3.05, 3.63) is 45.4 Å². The molecule has 1 atom stereocenters. The Morgan fingerprint density at radius 2 is 2.18 bits per heavy atom. The van der Waals surface area contributed by atoms with Crippen LogP contribution < -0.4 is 10.6 Å². The predicted molar refractivity (Wildman–Crippen MR) is 89.5 cm³/mol. The van der Waals surface area contributed by atoms with Crippen molar-refractivity contribution in [1.29, 1.82) is 0 Å². The lowest BCUT2D eigenvalue weighted by atomic mass is 10.1. The molecule has 22 heavy (non-hydrogen) atoms. The van der Waals surface area contributed by atoms with Crippen molar-refractivity contribution in [3.63, 3.8) is 0 Å². The number of anilines is 1. The maximum atomic E-state index is 12.1. The molecule has 1 unspecified atom stereocenters. The highest BCUT2D eigenvalue weighted by Gasteiger charge is 2.14. The Kier molecular flexibility index (Phi) is 5.51. The van der Waals surface area contributed by atoms with Gasteiger partial charge >= 0.3 is 0 Å². The maximum absolute atomic E-state index is 12.1. The fourth-order valence-corrected chi connectivity index (χ4v) is 2.97. The molecule has 1 aromatic carbocycles. The van der Waals surface area contributed by atoms with Crippen molar-refractivity contribution < 1.29 is 9.90 Å². The first-order chi connectivity index (χ1) is 10.5. The van der Waals surface area contributed by atoms with E-state index in [1.807, 2.05) is 32.2 Å². The van der Waals surface area contributed by atoms with Gasteiger partial charge in [-0.2, -0.15) is 0 Å². The van der Waals surface area contributed by atoms with Crippen LogP contribution in [0.2, 0.25) is 0 Å². The molecule has 3 N–H and O–H groups in total. The van der Waals surface area contributed by atoms with Gasteiger partial charge in [-0.1, -0.05) is 6.07 Å². The molecule has 1 heterocycles. The van der Waals surface area contributed by atoms with Gasteiger partial charge in [0.05, 0.1) is 17.7 Å². The van der Waals surface area contributed by atoms with Crippen LogP contribution in [0.4, 0.5) is 5.69 Å². The number of nitrogens with zero attached hydrogens (tertiary/aromatic N) is 1. The molecule has 1 amide bonds. The molecular weight excluding hydrogens is 298 g/mol. The van der Waals surface area contributed by atoms with Crippen molar-refractivity contribution in [2.75, 3.05) is 18.5 Å². The van der Waals surface area contributed by atoms with E-state index in [4.69, 9.17) is 5.11 Å². The predicted octanol–water partition coefficient (Wildman–Crippen LogP) is 2.66. The number of hydrogen-bond acceptors (Lipinski definition) is 5. The summed E-state index contributed by atoms with van der Waals surface area (Å²) >= 11 is 1.66. The van der Waals surface area contributed by atoms with E-state index >= 15 is 0 Å². The summed E-state index contributed by atoms with van der Waals surface area (Å²) in [5.74, 6) is -0.170. The van der Waals surface area contributed by atoms with E-state index in [0.717, 1.165) is 21.1 Å². The van der Waals surface area contributed by atoms with Crippen LogP contribution in [0, 0.1) is 13.8 Å². The highest BCUT2D eigenvalue weighted by Crippen LogP contribution is 2.27. The molecule has 2 rings (SSSR count). The molecule has 0 radical (unpaired) electrons. The Labute approximate surface area is 134 Å². The monoisotopic (exact) mass is 319 g/mol. The summed E-state index contributed by atoms with van der Waals surface area (Å²) < 4.78 is 0. The molecule has 6 heteroatoms. The number of nitrogens with one attached hydrogen (secondary N) is 2. The lowest BCUT2D eigenvalue weighted by Crippen LogP contribution is -2.27. The van der Waals surface area contributed by atoms with Crippen molar-refractivity contribution in [2.24, 2.45) is 0 Å². The van der Waals surface area contributed by atoms with Crippen molar-refractivity contribution in [1.82, 2.24) is 10.3 Å². The smallest absolute Gasteiger partial charge is 0.251 e. The second-order valence-electron chi connectivity index (χ2n) is 5.11. The molecule has 0 aliphatic carbocycles. The van der Waals surface area contributed by atoms with Crippen LogP contribution in [0.5, 0.6) is 0 Å². The van der Waals surface area contributed by atoms with Crippen LogP contribution in [0.3, 0.4) is 0 Å². The number of benzene rings is 1. The van der Waals surface area contributed by atoms with E-state index in [2.05, 4.69) is 22.5 Å². The average molecular weight is 319 g/mol. The van der Waals surface area contributed by atoms with E-state index in [0.29, 0.717) is 5.56 Å². The number of aryl methyl sites for hydroxylation is 1. The molecule has 0 fully saturated rings. The Morgan fingerprint density at radius 1 is 1.41 bits per heavy atom. The summed E-state index contributed by atoms with van der Waals surface area (Å²) in [5, 5.41) is 16.0. The number of carbonyl (C=O) groups is 1. The third kappa shape index (κ3) is 3.84. The summed E-state index contributed by atoms with van der Waals surface area (Å²) in [6.45, 7) is 6.17. The number of carbonyl (C=O) groups excluding carboxylic acids is 1. The first-order valence-electron chi connectivity index (χ1n) is 7.20. The Balaban J connectivity index is 2.16. The first kappa shape index (κ1) is 16.5. The van der Waals surface area contributed by atoms with E-state index < -0.39 is 0 Å². The normalized spacial score (nSPS) is 12.0. The summed E-state index contributed by atoms with van der Waals surface area (Å²) in [4.78, 5) is 17.5. The van der Waals surface area contributed by atoms with E-state index in [1.54, 1.807) is 17.4 Å². The number of aliphatic hydroxyl groups is 1. The highest BCUT2D eigenvalue weighted by molar-refractivity contribution is 7.11. The third-order valence-corrected chi connectivity index (χ3v) is 4.51. The molecule has 0 spiro atoms. The number of aliphatic hydroxyl groups excluding tert-OH is 1. The minimum atomic E-state index is -0.170. The van der Waals surface area contributed by atoms with Crippen LogP contribution in [0.15, 0.2) is 24.4 Å². The largest absolute Gasteiger partial charge is 0.395 e. The van der Waals surface area contributed by atoms with Crippen LogP contribution in [0.1, 0.15) is 38.8 Å². The molecule has 0 aliphatic rings. The van der Waals surface area contributed by atoms with Crippen LogP contribution in [-0.4, -0.2) is 29.1 Å². The number of rotatable bonds is 6. The number of thiazole rings is 1. The zero-order valence-corrected chi connectivity index (χ0v) is 13.8. The quantitative estimate of drug-likeness (QED) is 0.765. The maximum Gasteiger partial charge on any atom is 0.251 e. The Hall–Kier alpha value is -1.92.